The number of hydrogen-bond donors (Lipinski definition) is 0. The summed E-state index contributed by atoms with van der Waals surface area (Å²) in [5.41, 5.74) is 2.06. The van der Waals surface area contributed by atoms with Crippen LogP contribution in [0.3, 0.4) is 0 Å². The van der Waals surface area contributed by atoms with Gasteiger partial charge in [-0.25, -0.2) is 0 Å². The predicted octanol–water partition coefficient (Wildman–Crippen LogP) is 9.46. The minimum absolute atomic E-state index is 0.251. The molecule has 0 unspecified atom stereocenters. The van der Waals surface area contributed by atoms with Gasteiger partial charge in [0, 0.05) is 6.42 Å². The lowest BCUT2D eigenvalue weighted by Gasteiger charge is -2.24. The first kappa shape index (κ1) is 27.9. The van der Waals surface area contributed by atoms with Gasteiger partial charge in [-0.2, -0.15) is 0 Å². The molecule has 33 heavy (non-hydrogen) atoms. The van der Waals surface area contributed by atoms with E-state index in [0.717, 1.165) is 48.9 Å². The summed E-state index contributed by atoms with van der Waals surface area (Å²) in [6.45, 7) is 11.1. The maximum Gasteiger partial charge on any atom is 0.242 e. The second kappa shape index (κ2) is 14.8. The molecule has 0 radical (unpaired) electrons. The van der Waals surface area contributed by atoms with Gasteiger partial charge < -0.3 is 4.43 Å². The highest BCUT2D eigenvalue weighted by atomic mass is 28.4. The number of unbranched alkanes of at least 4 members (excludes halogenated alkanes) is 5. The van der Waals surface area contributed by atoms with Crippen molar-refractivity contribution < 1.29 is 9.22 Å². The molecule has 0 aliphatic heterocycles. The van der Waals surface area contributed by atoms with Gasteiger partial charge in [-0.1, -0.05) is 82.8 Å². The first-order valence-electron chi connectivity index (χ1n) is 13.8. The Kier molecular flexibility index (Phi) is 12.5. The topological polar surface area (TPSA) is 26.3 Å². The zero-order chi connectivity index (χ0) is 24.1. The van der Waals surface area contributed by atoms with Gasteiger partial charge in [0.1, 0.15) is 5.76 Å². The van der Waals surface area contributed by atoms with Crippen LogP contribution < -0.4 is 0 Å². The van der Waals surface area contributed by atoms with Crippen molar-refractivity contribution >= 4 is 14.1 Å². The maximum atomic E-state index is 12.5. The van der Waals surface area contributed by atoms with Crippen molar-refractivity contribution in [3.63, 3.8) is 0 Å². The van der Waals surface area contributed by atoms with E-state index in [0.29, 0.717) is 6.42 Å². The van der Waals surface area contributed by atoms with E-state index in [4.69, 9.17) is 4.43 Å². The number of carbonyl (C=O) groups is 1. The van der Waals surface area contributed by atoms with Crippen LogP contribution >= 0.6 is 0 Å². The summed E-state index contributed by atoms with van der Waals surface area (Å²) in [5, 5.41) is 0. The lowest BCUT2D eigenvalue weighted by atomic mass is 9.91. The SMILES string of the molecule is CCCCCCCC=C[C@H]1CCC[C@@H]1CC=CC(CCC)=C(O[Si](C)(C)C)C1=CCCC1=O. The summed E-state index contributed by atoms with van der Waals surface area (Å²) in [6, 6.07) is 0. The zero-order valence-electron chi connectivity index (χ0n) is 22.3. The van der Waals surface area contributed by atoms with Gasteiger partial charge in [-0.3, -0.25) is 4.79 Å². The van der Waals surface area contributed by atoms with E-state index in [9.17, 15) is 4.79 Å². The van der Waals surface area contributed by atoms with Gasteiger partial charge in [-0.05, 0) is 82.0 Å². The van der Waals surface area contributed by atoms with Gasteiger partial charge in [0.25, 0.3) is 0 Å². The predicted molar refractivity (Wildman–Crippen MR) is 146 cm³/mol. The summed E-state index contributed by atoms with van der Waals surface area (Å²) in [6.07, 6.45) is 28.5. The Labute approximate surface area is 205 Å². The largest absolute Gasteiger partial charge is 0.544 e. The molecular weight excluding hydrogens is 420 g/mol. The third kappa shape index (κ3) is 10.2. The third-order valence-electron chi connectivity index (χ3n) is 6.82. The normalized spacial score (nSPS) is 22.5. The number of ketones is 1. The fourth-order valence-corrected chi connectivity index (χ4v) is 5.94. The summed E-state index contributed by atoms with van der Waals surface area (Å²) in [4.78, 5) is 12.5. The summed E-state index contributed by atoms with van der Waals surface area (Å²) < 4.78 is 6.52. The van der Waals surface area contributed by atoms with E-state index in [1.807, 2.05) is 0 Å². The molecule has 186 valence electrons. The first-order valence-corrected chi connectivity index (χ1v) is 17.3. The first-order chi connectivity index (χ1) is 15.9. The zero-order valence-corrected chi connectivity index (χ0v) is 23.3. The van der Waals surface area contributed by atoms with Crippen LogP contribution in [0.4, 0.5) is 0 Å². The Balaban J connectivity index is 2.02. The summed E-state index contributed by atoms with van der Waals surface area (Å²) in [7, 11) is -1.81. The lowest BCUT2D eigenvalue weighted by Crippen LogP contribution is -2.26. The van der Waals surface area contributed by atoms with Crippen molar-refractivity contribution in [2.45, 2.75) is 123 Å². The van der Waals surface area contributed by atoms with Crippen LogP contribution in [-0.2, 0) is 9.22 Å². The molecule has 2 rings (SSSR count). The number of rotatable bonds is 15. The van der Waals surface area contributed by atoms with E-state index in [2.05, 4.69) is 63.9 Å². The van der Waals surface area contributed by atoms with E-state index in [-0.39, 0.29) is 5.78 Å². The van der Waals surface area contributed by atoms with Crippen LogP contribution in [0.1, 0.15) is 104 Å². The molecule has 0 aromatic heterocycles. The Bertz CT molecular complexity index is 720. The minimum atomic E-state index is -1.81. The number of allylic oxidation sites excluding steroid dienone is 7. The number of hydrogen-bond acceptors (Lipinski definition) is 2. The number of Topliss-reactive ketones (excluding diaryl/α,β-unsaturated/α-hetero) is 1. The smallest absolute Gasteiger partial charge is 0.242 e. The molecule has 0 N–H and O–H groups in total. The van der Waals surface area contributed by atoms with E-state index < -0.39 is 8.32 Å². The fraction of sp³-hybridized carbons (Fsp3) is 0.700. The van der Waals surface area contributed by atoms with Gasteiger partial charge in [0.05, 0.1) is 5.57 Å². The summed E-state index contributed by atoms with van der Waals surface area (Å²) >= 11 is 0. The van der Waals surface area contributed by atoms with Crippen LogP contribution in [-0.4, -0.2) is 14.1 Å². The van der Waals surface area contributed by atoms with E-state index in [1.165, 1.54) is 63.4 Å². The average Bonchev–Trinajstić information content (AvgIpc) is 3.39. The average molecular weight is 471 g/mol. The van der Waals surface area contributed by atoms with Gasteiger partial charge in [-0.15, -0.1) is 0 Å². The summed E-state index contributed by atoms with van der Waals surface area (Å²) in [5.74, 6) is 2.64. The molecule has 0 heterocycles. The Morgan fingerprint density at radius 3 is 2.52 bits per heavy atom. The monoisotopic (exact) mass is 470 g/mol. The van der Waals surface area contributed by atoms with Crippen LogP contribution in [0.15, 0.2) is 47.3 Å². The highest BCUT2D eigenvalue weighted by Gasteiger charge is 2.28. The Morgan fingerprint density at radius 1 is 1.06 bits per heavy atom. The molecule has 0 spiro atoms. The second-order valence-corrected chi connectivity index (χ2v) is 15.5. The molecule has 0 aromatic carbocycles. The van der Waals surface area contributed by atoms with Crippen LogP contribution in [0.25, 0.3) is 0 Å². The molecule has 3 heteroatoms. The van der Waals surface area contributed by atoms with E-state index >= 15 is 0 Å². The minimum Gasteiger partial charge on any atom is -0.544 e. The van der Waals surface area contributed by atoms with Gasteiger partial charge in [0.15, 0.2) is 5.78 Å². The van der Waals surface area contributed by atoms with Crippen molar-refractivity contribution in [2.75, 3.05) is 0 Å². The maximum absolute atomic E-state index is 12.5. The van der Waals surface area contributed by atoms with Crippen molar-refractivity contribution in [3.05, 3.63) is 47.3 Å². The highest BCUT2D eigenvalue weighted by molar-refractivity contribution is 6.70. The molecule has 2 nitrogen and oxygen atoms in total. The Morgan fingerprint density at radius 2 is 1.85 bits per heavy atom. The highest BCUT2D eigenvalue weighted by Crippen LogP contribution is 2.36. The number of carbonyl (C=O) groups excluding carboxylic acids is 1. The van der Waals surface area contributed by atoms with Crippen LogP contribution in [0.5, 0.6) is 0 Å². The lowest BCUT2D eigenvalue weighted by molar-refractivity contribution is -0.114. The standard InChI is InChI=1S/C30H50O2Si/c1-6-8-9-10-11-12-13-18-25-19-14-20-26(25)21-15-22-27(17-7-2)30(32-33(3,4)5)28-23-16-24-29(28)31/h13,15,18,22-23,25-26H,6-12,14,16-17,19-21,24H2,1-5H3/t25-,26+/m0/s1. The van der Waals surface area contributed by atoms with Crippen molar-refractivity contribution in [3.8, 4) is 0 Å². The van der Waals surface area contributed by atoms with Gasteiger partial charge >= 0.3 is 0 Å². The molecule has 2 aliphatic rings. The Hall–Kier alpha value is -1.35. The second-order valence-electron chi connectivity index (χ2n) is 11.0. The fourth-order valence-electron chi connectivity index (χ4n) is 5.09. The molecule has 0 amide bonds. The molecule has 0 saturated heterocycles. The molecule has 2 atom stereocenters. The molecule has 2 aliphatic carbocycles. The molecule has 0 aromatic rings. The molecule has 1 saturated carbocycles. The van der Waals surface area contributed by atoms with Crippen molar-refractivity contribution in [1.82, 2.24) is 0 Å². The van der Waals surface area contributed by atoms with Crippen LogP contribution in [0, 0.1) is 11.8 Å². The third-order valence-corrected chi connectivity index (χ3v) is 7.63. The van der Waals surface area contributed by atoms with Crippen LogP contribution in [0.2, 0.25) is 19.6 Å². The van der Waals surface area contributed by atoms with E-state index in [1.54, 1.807) is 0 Å². The van der Waals surface area contributed by atoms with Crippen molar-refractivity contribution in [1.29, 1.82) is 0 Å². The molecule has 1 fully saturated rings. The molecule has 0 bridgehead atoms. The molecular formula is C30H50O2Si. The van der Waals surface area contributed by atoms with Gasteiger partial charge in [0.2, 0.25) is 8.32 Å². The quantitative estimate of drug-likeness (QED) is 0.0783. The van der Waals surface area contributed by atoms with Crippen molar-refractivity contribution in [2.24, 2.45) is 11.8 Å².